The zero-order valence-corrected chi connectivity index (χ0v) is 11.4. The molecule has 0 heterocycles. The number of hydrogen-bond acceptors (Lipinski definition) is 5. The average molecular weight is 271 g/mol. The fraction of sp³-hybridized carbons (Fsp3) is 0.538. The first kappa shape index (κ1) is 15.1. The third-order valence-electron chi connectivity index (χ3n) is 2.62. The minimum atomic E-state index is -0.00413. The first-order valence-electron chi connectivity index (χ1n) is 6.09. The molecule has 0 fully saturated rings. The number of phenolic OH excluding ortho intramolecular Hbond substituents is 2. The fourth-order valence-electron chi connectivity index (χ4n) is 1.61. The van der Waals surface area contributed by atoms with Crippen LogP contribution in [0.15, 0.2) is 18.2 Å². The van der Waals surface area contributed by atoms with Gasteiger partial charge in [0.1, 0.15) is 11.5 Å². The average Bonchev–Trinajstić information content (AvgIpc) is 2.36. The summed E-state index contributed by atoms with van der Waals surface area (Å²) >= 11 is 1.79. The van der Waals surface area contributed by atoms with E-state index in [-0.39, 0.29) is 24.1 Å². The van der Waals surface area contributed by atoms with Crippen molar-refractivity contribution in [1.29, 1.82) is 0 Å². The Labute approximate surface area is 112 Å². The molecule has 1 aromatic carbocycles. The summed E-state index contributed by atoms with van der Waals surface area (Å²) in [5, 5.41) is 31.0. The predicted octanol–water partition coefficient (Wildman–Crippen LogP) is 1.86. The van der Waals surface area contributed by atoms with Gasteiger partial charge in [0.15, 0.2) is 0 Å². The molecule has 0 aliphatic heterocycles. The highest BCUT2D eigenvalue weighted by Gasteiger charge is 2.10. The highest BCUT2D eigenvalue weighted by molar-refractivity contribution is 7.99. The molecule has 0 amide bonds. The summed E-state index contributed by atoms with van der Waals surface area (Å²) in [6.45, 7) is 3.02. The van der Waals surface area contributed by atoms with Gasteiger partial charge in [0.25, 0.3) is 0 Å². The number of hydrogen-bond donors (Lipinski definition) is 4. The summed E-state index contributed by atoms with van der Waals surface area (Å²) in [4.78, 5) is 0. The molecule has 0 bridgehead atoms. The molecule has 0 radical (unpaired) electrons. The van der Waals surface area contributed by atoms with Gasteiger partial charge < -0.3 is 20.6 Å². The topological polar surface area (TPSA) is 72.7 Å². The lowest BCUT2D eigenvalue weighted by Gasteiger charge is -2.15. The van der Waals surface area contributed by atoms with Crippen molar-refractivity contribution in [2.45, 2.75) is 19.4 Å². The molecular formula is C13H21NO3S. The Morgan fingerprint density at radius 1 is 1.28 bits per heavy atom. The Balaban J connectivity index is 2.31. The summed E-state index contributed by atoms with van der Waals surface area (Å²) in [5.41, 5.74) is 0.704. The van der Waals surface area contributed by atoms with Gasteiger partial charge in [-0.05, 0) is 37.3 Å². The van der Waals surface area contributed by atoms with Gasteiger partial charge in [0.2, 0.25) is 0 Å². The van der Waals surface area contributed by atoms with Gasteiger partial charge in [0.05, 0.1) is 0 Å². The standard InChI is InChI=1S/C13H21NO3S/c1-10(14-5-8-18-7-2-6-15)12-9-11(16)3-4-13(12)17/h3-4,9-10,14-17H,2,5-8H2,1H3. The summed E-state index contributed by atoms with van der Waals surface area (Å²) in [5.74, 6) is 2.28. The van der Waals surface area contributed by atoms with Crippen LogP contribution in [-0.4, -0.2) is 40.0 Å². The van der Waals surface area contributed by atoms with E-state index in [0.717, 1.165) is 24.5 Å². The second-order valence-corrected chi connectivity index (χ2v) is 5.33. The minimum absolute atomic E-state index is 0.00413. The molecular weight excluding hydrogens is 250 g/mol. The largest absolute Gasteiger partial charge is 0.508 e. The maximum Gasteiger partial charge on any atom is 0.120 e. The number of benzene rings is 1. The zero-order chi connectivity index (χ0) is 13.4. The molecule has 1 atom stereocenters. The van der Waals surface area contributed by atoms with Crippen LogP contribution in [0.3, 0.4) is 0 Å². The lowest BCUT2D eigenvalue weighted by Crippen LogP contribution is -2.21. The molecule has 1 rings (SSSR count). The van der Waals surface area contributed by atoms with Crippen LogP contribution in [0.1, 0.15) is 24.9 Å². The Morgan fingerprint density at radius 2 is 2.06 bits per heavy atom. The van der Waals surface area contributed by atoms with E-state index in [1.807, 2.05) is 6.92 Å². The molecule has 1 aromatic rings. The van der Waals surface area contributed by atoms with Crippen LogP contribution in [0, 0.1) is 0 Å². The van der Waals surface area contributed by atoms with E-state index < -0.39 is 0 Å². The first-order valence-corrected chi connectivity index (χ1v) is 7.24. The molecule has 18 heavy (non-hydrogen) atoms. The van der Waals surface area contributed by atoms with Crippen LogP contribution in [0.25, 0.3) is 0 Å². The molecule has 1 unspecified atom stereocenters. The van der Waals surface area contributed by atoms with Crippen molar-refractivity contribution < 1.29 is 15.3 Å². The zero-order valence-electron chi connectivity index (χ0n) is 10.6. The molecule has 5 heteroatoms. The summed E-state index contributed by atoms with van der Waals surface area (Å²) < 4.78 is 0. The van der Waals surface area contributed by atoms with Crippen LogP contribution >= 0.6 is 11.8 Å². The molecule has 102 valence electrons. The Morgan fingerprint density at radius 3 is 2.78 bits per heavy atom. The lowest BCUT2D eigenvalue weighted by atomic mass is 10.1. The molecule has 0 spiro atoms. The van der Waals surface area contributed by atoms with E-state index >= 15 is 0 Å². The van der Waals surface area contributed by atoms with Crippen LogP contribution in [-0.2, 0) is 0 Å². The second-order valence-electron chi connectivity index (χ2n) is 4.11. The molecule has 0 aromatic heterocycles. The fourth-order valence-corrected chi connectivity index (χ4v) is 2.41. The van der Waals surface area contributed by atoms with E-state index in [4.69, 9.17) is 5.11 Å². The van der Waals surface area contributed by atoms with Crippen molar-refractivity contribution in [1.82, 2.24) is 5.32 Å². The molecule has 4 N–H and O–H groups in total. The van der Waals surface area contributed by atoms with Gasteiger partial charge in [0, 0.05) is 30.5 Å². The van der Waals surface area contributed by atoms with Crippen LogP contribution in [0.5, 0.6) is 11.5 Å². The number of rotatable bonds is 8. The second kappa shape index (κ2) is 8.24. The number of aliphatic hydroxyl groups excluding tert-OH is 1. The molecule has 4 nitrogen and oxygen atoms in total. The van der Waals surface area contributed by atoms with Gasteiger partial charge in [-0.3, -0.25) is 0 Å². The highest BCUT2D eigenvalue weighted by Crippen LogP contribution is 2.27. The summed E-state index contributed by atoms with van der Waals surface area (Å²) in [6.07, 6.45) is 0.827. The van der Waals surface area contributed by atoms with E-state index in [9.17, 15) is 10.2 Å². The maximum atomic E-state index is 9.69. The number of phenols is 2. The predicted molar refractivity (Wildman–Crippen MR) is 75.2 cm³/mol. The van der Waals surface area contributed by atoms with Crippen LogP contribution in [0.2, 0.25) is 0 Å². The third kappa shape index (κ3) is 5.16. The van der Waals surface area contributed by atoms with Crippen molar-refractivity contribution in [3.8, 4) is 11.5 Å². The molecule has 0 saturated carbocycles. The van der Waals surface area contributed by atoms with E-state index in [1.54, 1.807) is 17.8 Å². The van der Waals surface area contributed by atoms with Crippen molar-refractivity contribution in [2.24, 2.45) is 0 Å². The van der Waals surface area contributed by atoms with Crippen LogP contribution < -0.4 is 5.32 Å². The van der Waals surface area contributed by atoms with E-state index in [0.29, 0.717) is 5.56 Å². The first-order chi connectivity index (χ1) is 8.65. The number of nitrogens with one attached hydrogen (secondary N) is 1. The van der Waals surface area contributed by atoms with Gasteiger partial charge >= 0.3 is 0 Å². The van der Waals surface area contributed by atoms with Gasteiger partial charge in [-0.25, -0.2) is 0 Å². The summed E-state index contributed by atoms with van der Waals surface area (Å²) in [6, 6.07) is 4.54. The van der Waals surface area contributed by atoms with E-state index in [2.05, 4.69) is 5.32 Å². The van der Waals surface area contributed by atoms with E-state index in [1.165, 1.54) is 12.1 Å². The van der Waals surface area contributed by atoms with Gasteiger partial charge in [-0.15, -0.1) is 0 Å². The van der Waals surface area contributed by atoms with Crippen molar-refractivity contribution >= 4 is 11.8 Å². The smallest absolute Gasteiger partial charge is 0.120 e. The maximum absolute atomic E-state index is 9.69. The molecule has 0 aliphatic carbocycles. The summed E-state index contributed by atoms with van der Waals surface area (Å²) in [7, 11) is 0. The lowest BCUT2D eigenvalue weighted by molar-refractivity contribution is 0.296. The number of aliphatic hydroxyl groups is 1. The van der Waals surface area contributed by atoms with Crippen molar-refractivity contribution in [3.63, 3.8) is 0 Å². The minimum Gasteiger partial charge on any atom is -0.508 e. The molecule has 0 saturated heterocycles. The Hall–Kier alpha value is -0.910. The van der Waals surface area contributed by atoms with Gasteiger partial charge in [-0.1, -0.05) is 0 Å². The normalized spacial score (nSPS) is 12.6. The monoisotopic (exact) mass is 271 g/mol. The number of thioether (sulfide) groups is 1. The van der Waals surface area contributed by atoms with Crippen molar-refractivity contribution in [2.75, 3.05) is 24.7 Å². The SMILES string of the molecule is CC(NCCSCCCO)c1cc(O)ccc1O. The Kier molecular flexibility index (Phi) is 6.93. The third-order valence-corrected chi connectivity index (χ3v) is 3.69. The quantitative estimate of drug-likeness (QED) is 0.429. The number of aromatic hydroxyl groups is 2. The molecule has 0 aliphatic rings. The highest BCUT2D eigenvalue weighted by atomic mass is 32.2. The van der Waals surface area contributed by atoms with Crippen LogP contribution in [0.4, 0.5) is 0 Å². The Bertz CT molecular complexity index is 360. The van der Waals surface area contributed by atoms with Gasteiger partial charge in [-0.2, -0.15) is 11.8 Å². The van der Waals surface area contributed by atoms with Crippen molar-refractivity contribution in [3.05, 3.63) is 23.8 Å².